The number of hydrogen-bond donors (Lipinski definition) is 0. The van der Waals surface area contributed by atoms with E-state index < -0.39 is 5.82 Å². The number of aromatic nitrogens is 2. The maximum atomic E-state index is 14.1. The lowest BCUT2D eigenvalue weighted by molar-refractivity contribution is 0.0741. The molecule has 6 heteroatoms. The Morgan fingerprint density at radius 2 is 1.69 bits per heavy atom. The van der Waals surface area contributed by atoms with Crippen LogP contribution in [0.5, 0.6) is 0 Å². The quantitative estimate of drug-likeness (QED) is 0.583. The van der Waals surface area contributed by atoms with Crippen LogP contribution in [0.4, 0.5) is 10.2 Å². The van der Waals surface area contributed by atoms with Gasteiger partial charge in [-0.15, -0.1) is 0 Å². The second-order valence-corrected chi connectivity index (χ2v) is 8.65. The first kappa shape index (κ1) is 21.9. The third-order valence-electron chi connectivity index (χ3n) is 5.94. The smallest absolute Gasteiger partial charge is 0.256 e. The highest BCUT2D eigenvalue weighted by Crippen LogP contribution is 2.31. The Hall–Kier alpha value is -3.28. The fraction of sp³-hybridized carbons (Fsp3) is 0.346. The van der Waals surface area contributed by atoms with Crippen molar-refractivity contribution in [2.75, 3.05) is 31.1 Å². The lowest BCUT2D eigenvalue weighted by Crippen LogP contribution is -2.49. The SMILES string of the molecule is Cc1cccc(-c2nc(C)c(C(C)C)c(N3CCN(C(=O)c4ccccc4F)CC3)n2)c1. The van der Waals surface area contributed by atoms with E-state index in [0.29, 0.717) is 26.2 Å². The number of anilines is 1. The van der Waals surface area contributed by atoms with Crippen molar-refractivity contribution in [1.82, 2.24) is 14.9 Å². The maximum absolute atomic E-state index is 14.1. The van der Waals surface area contributed by atoms with Crippen molar-refractivity contribution in [3.63, 3.8) is 0 Å². The van der Waals surface area contributed by atoms with E-state index in [1.54, 1.807) is 23.1 Å². The fourth-order valence-corrected chi connectivity index (χ4v) is 4.32. The lowest BCUT2D eigenvalue weighted by atomic mass is 10.0. The van der Waals surface area contributed by atoms with Gasteiger partial charge in [0.25, 0.3) is 5.91 Å². The molecular weight excluding hydrogens is 403 g/mol. The Morgan fingerprint density at radius 1 is 0.969 bits per heavy atom. The molecule has 1 aliphatic rings. The highest BCUT2D eigenvalue weighted by atomic mass is 19.1. The summed E-state index contributed by atoms with van der Waals surface area (Å²) in [5.41, 5.74) is 4.40. The number of piperazine rings is 1. The summed E-state index contributed by atoms with van der Waals surface area (Å²) in [4.78, 5) is 26.6. The third kappa shape index (κ3) is 4.35. The van der Waals surface area contributed by atoms with E-state index in [1.165, 1.54) is 11.6 Å². The Labute approximate surface area is 188 Å². The fourth-order valence-electron chi connectivity index (χ4n) is 4.32. The van der Waals surface area contributed by atoms with Crippen LogP contribution >= 0.6 is 0 Å². The van der Waals surface area contributed by atoms with Crippen LogP contribution in [-0.4, -0.2) is 47.0 Å². The molecule has 1 aliphatic heterocycles. The molecule has 3 aromatic rings. The molecule has 0 spiro atoms. The van der Waals surface area contributed by atoms with Gasteiger partial charge in [-0.2, -0.15) is 0 Å². The summed E-state index contributed by atoms with van der Waals surface area (Å²) < 4.78 is 14.1. The number of hydrogen-bond acceptors (Lipinski definition) is 4. The van der Waals surface area contributed by atoms with Crippen molar-refractivity contribution < 1.29 is 9.18 Å². The van der Waals surface area contributed by atoms with Crippen LogP contribution in [0.15, 0.2) is 48.5 Å². The molecule has 2 aromatic carbocycles. The van der Waals surface area contributed by atoms with E-state index in [-0.39, 0.29) is 17.4 Å². The molecule has 166 valence electrons. The van der Waals surface area contributed by atoms with Gasteiger partial charge in [-0.1, -0.05) is 49.7 Å². The average molecular weight is 433 g/mol. The first-order valence-electron chi connectivity index (χ1n) is 11.1. The maximum Gasteiger partial charge on any atom is 0.256 e. The minimum atomic E-state index is -0.476. The summed E-state index contributed by atoms with van der Waals surface area (Å²) in [5, 5.41) is 0. The van der Waals surface area contributed by atoms with Gasteiger partial charge in [0, 0.05) is 43.0 Å². The molecule has 0 aliphatic carbocycles. The number of aryl methyl sites for hydroxylation is 2. The molecule has 0 N–H and O–H groups in total. The summed E-state index contributed by atoms with van der Waals surface area (Å²) in [5.74, 6) is 1.19. The van der Waals surface area contributed by atoms with Crippen LogP contribution in [0.25, 0.3) is 11.4 Å². The molecule has 0 radical (unpaired) electrons. The summed E-state index contributed by atoms with van der Waals surface area (Å²) in [6.07, 6.45) is 0. The van der Waals surface area contributed by atoms with E-state index >= 15 is 0 Å². The molecule has 32 heavy (non-hydrogen) atoms. The molecule has 1 fully saturated rings. The predicted octanol–water partition coefficient (Wildman–Crippen LogP) is 4.99. The predicted molar refractivity (Wildman–Crippen MR) is 126 cm³/mol. The molecule has 0 unspecified atom stereocenters. The Morgan fingerprint density at radius 3 is 2.34 bits per heavy atom. The van der Waals surface area contributed by atoms with Gasteiger partial charge < -0.3 is 9.80 Å². The van der Waals surface area contributed by atoms with Crippen LogP contribution < -0.4 is 4.90 Å². The second kappa shape index (κ2) is 9.07. The zero-order valence-electron chi connectivity index (χ0n) is 19.1. The summed E-state index contributed by atoms with van der Waals surface area (Å²) >= 11 is 0. The van der Waals surface area contributed by atoms with E-state index in [1.807, 2.05) is 19.1 Å². The number of carbonyl (C=O) groups excluding carboxylic acids is 1. The monoisotopic (exact) mass is 432 g/mol. The highest BCUT2D eigenvalue weighted by Gasteiger charge is 2.27. The Bertz CT molecular complexity index is 1140. The van der Waals surface area contributed by atoms with Gasteiger partial charge in [0.05, 0.1) is 5.56 Å². The van der Waals surface area contributed by atoms with Gasteiger partial charge in [0.15, 0.2) is 5.82 Å². The first-order valence-corrected chi connectivity index (χ1v) is 11.1. The van der Waals surface area contributed by atoms with Crippen LogP contribution in [0, 0.1) is 19.7 Å². The van der Waals surface area contributed by atoms with E-state index in [4.69, 9.17) is 9.97 Å². The van der Waals surface area contributed by atoms with Crippen molar-refractivity contribution in [3.05, 3.63) is 76.7 Å². The molecular formula is C26H29FN4O. The standard InChI is InChI=1S/C26H29FN4O/c1-17(2)23-19(4)28-24(20-9-7-8-18(3)16-20)29-25(23)30-12-14-31(15-13-30)26(32)21-10-5-6-11-22(21)27/h5-11,16-17H,12-15H2,1-4H3. The van der Waals surface area contributed by atoms with E-state index in [9.17, 15) is 9.18 Å². The molecule has 1 saturated heterocycles. The van der Waals surface area contributed by atoms with Crippen molar-refractivity contribution >= 4 is 11.7 Å². The van der Waals surface area contributed by atoms with Crippen molar-refractivity contribution in [1.29, 1.82) is 0 Å². The zero-order valence-corrected chi connectivity index (χ0v) is 19.1. The molecule has 4 rings (SSSR count). The molecule has 0 bridgehead atoms. The largest absolute Gasteiger partial charge is 0.353 e. The molecule has 2 heterocycles. The van der Waals surface area contributed by atoms with Crippen molar-refractivity contribution in [2.24, 2.45) is 0 Å². The Balaban J connectivity index is 1.61. The Kier molecular flexibility index (Phi) is 6.21. The summed E-state index contributed by atoms with van der Waals surface area (Å²) in [7, 11) is 0. The van der Waals surface area contributed by atoms with Gasteiger partial charge in [-0.3, -0.25) is 4.79 Å². The average Bonchev–Trinajstić information content (AvgIpc) is 2.78. The van der Waals surface area contributed by atoms with Crippen molar-refractivity contribution in [2.45, 2.75) is 33.6 Å². The number of rotatable bonds is 4. The second-order valence-electron chi connectivity index (χ2n) is 8.65. The molecule has 5 nitrogen and oxygen atoms in total. The topological polar surface area (TPSA) is 49.3 Å². The lowest BCUT2D eigenvalue weighted by Gasteiger charge is -2.37. The normalized spacial score (nSPS) is 14.2. The number of carbonyl (C=O) groups is 1. The van der Waals surface area contributed by atoms with Crippen molar-refractivity contribution in [3.8, 4) is 11.4 Å². The van der Waals surface area contributed by atoms with Crippen LogP contribution in [0.1, 0.15) is 46.9 Å². The van der Waals surface area contributed by atoms with Gasteiger partial charge in [0.1, 0.15) is 11.6 Å². The number of benzene rings is 2. The van der Waals surface area contributed by atoms with Gasteiger partial charge in [0.2, 0.25) is 0 Å². The molecule has 0 saturated carbocycles. The third-order valence-corrected chi connectivity index (χ3v) is 5.94. The van der Waals surface area contributed by atoms with Crippen LogP contribution in [0.3, 0.4) is 0 Å². The number of halogens is 1. The van der Waals surface area contributed by atoms with Gasteiger partial charge >= 0.3 is 0 Å². The molecule has 1 amide bonds. The number of amides is 1. The minimum Gasteiger partial charge on any atom is -0.353 e. The van der Waals surface area contributed by atoms with Gasteiger partial charge in [-0.25, -0.2) is 14.4 Å². The highest BCUT2D eigenvalue weighted by molar-refractivity contribution is 5.94. The van der Waals surface area contributed by atoms with Gasteiger partial charge in [-0.05, 0) is 38.0 Å². The van der Waals surface area contributed by atoms with Crippen LogP contribution in [0.2, 0.25) is 0 Å². The molecule has 0 atom stereocenters. The van der Waals surface area contributed by atoms with E-state index in [0.717, 1.165) is 28.5 Å². The first-order chi connectivity index (χ1) is 15.3. The van der Waals surface area contributed by atoms with E-state index in [2.05, 4.69) is 37.8 Å². The van der Waals surface area contributed by atoms with Crippen LogP contribution in [-0.2, 0) is 0 Å². The summed E-state index contributed by atoms with van der Waals surface area (Å²) in [6, 6.07) is 14.4. The number of nitrogens with zero attached hydrogens (tertiary/aromatic N) is 4. The zero-order chi connectivity index (χ0) is 22.8. The summed E-state index contributed by atoms with van der Waals surface area (Å²) in [6.45, 7) is 10.7. The molecule has 1 aromatic heterocycles. The minimum absolute atomic E-state index is 0.128.